The van der Waals surface area contributed by atoms with E-state index in [4.69, 9.17) is 9.15 Å². The maximum Gasteiger partial charge on any atom is 0.349 e. The first-order valence-corrected chi connectivity index (χ1v) is 8.90. The zero-order chi connectivity index (χ0) is 20.8. The summed E-state index contributed by atoms with van der Waals surface area (Å²) in [7, 11) is 0. The van der Waals surface area contributed by atoms with E-state index in [2.05, 4.69) is 11.9 Å². The Morgan fingerprint density at radius 2 is 1.90 bits per heavy atom. The first-order valence-electron chi connectivity index (χ1n) is 8.90. The van der Waals surface area contributed by atoms with Crippen molar-refractivity contribution in [1.29, 1.82) is 0 Å². The largest absolute Gasteiger partial charge is 0.423 e. The van der Waals surface area contributed by atoms with Gasteiger partial charge in [-0.3, -0.25) is 4.79 Å². The van der Waals surface area contributed by atoms with Gasteiger partial charge in [-0.25, -0.2) is 9.59 Å². The molecular formula is C23H19NO5. The molecule has 0 spiro atoms. The van der Waals surface area contributed by atoms with Gasteiger partial charge in [0, 0.05) is 24.1 Å². The Morgan fingerprint density at radius 1 is 1.14 bits per heavy atom. The predicted molar refractivity (Wildman–Crippen MR) is 111 cm³/mol. The summed E-state index contributed by atoms with van der Waals surface area (Å²) in [5.74, 6) is -0.881. The van der Waals surface area contributed by atoms with Crippen LogP contribution in [0.2, 0.25) is 0 Å². The van der Waals surface area contributed by atoms with Crippen molar-refractivity contribution in [2.45, 2.75) is 6.92 Å². The van der Waals surface area contributed by atoms with Crippen LogP contribution in [-0.2, 0) is 4.79 Å². The molecule has 3 rings (SSSR count). The van der Waals surface area contributed by atoms with Gasteiger partial charge in [0.1, 0.15) is 16.9 Å². The normalized spacial score (nSPS) is 10.8. The summed E-state index contributed by atoms with van der Waals surface area (Å²) in [4.78, 5) is 36.1. The minimum atomic E-state index is -0.776. The van der Waals surface area contributed by atoms with Crippen LogP contribution in [0, 0.1) is 6.92 Å². The fraction of sp³-hybridized carbons (Fsp3) is 0.0870. The Morgan fingerprint density at radius 3 is 2.62 bits per heavy atom. The van der Waals surface area contributed by atoms with Crippen molar-refractivity contribution in [3.05, 3.63) is 94.4 Å². The molecule has 0 saturated heterocycles. The first kappa shape index (κ1) is 19.8. The minimum Gasteiger partial charge on any atom is -0.423 e. The van der Waals surface area contributed by atoms with Gasteiger partial charge >= 0.3 is 11.6 Å². The van der Waals surface area contributed by atoms with Crippen molar-refractivity contribution in [1.82, 2.24) is 5.32 Å². The number of fused-ring (bicyclic) bond motifs is 1. The summed E-state index contributed by atoms with van der Waals surface area (Å²) in [5.41, 5.74) is 1.33. The highest BCUT2D eigenvalue weighted by Gasteiger charge is 2.13. The summed E-state index contributed by atoms with van der Waals surface area (Å²) in [5, 5.41) is 3.06. The van der Waals surface area contributed by atoms with Crippen LogP contribution < -0.4 is 15.7 Å². The van der Waals surface area contributed by atoms with Crippen LogP contribution in [0.4, 0.5) is 0 Å². The van der Waals surface area contributed by atoms with Gasteiger partial charge in [-0.1, -0.05) is 35.9 Å². The molecule has 1 N–H and O–H groups in total. The van der Waals surface area contributed by atoms with Crippen LogP contribution >= 0.6 is 0 Å². The third-order valence-electron chi connectivity index (χ3n) is 4.07. The molecule has 1 heterocycles. The molecule has 0 aliphatic heterocycles. The monoisotopic (exact) mass is 389 g/mol. The Hall–Kier alpha value is -3.93. The first-order chi connectivity index (χ1) is 14.0. The lowest BCUT2D eigenvalue weighted by Crippen LogP contribution is -2.28. The second-order valence-electron chi connectivity index (χ2n) is 6.31. The Kier molecular flexibility index (Phi) is 6.04. The van der Waals surface area contributed by atoms with Crippen molar-refractivity contribution < 1.29 is 18.7 Å². The number of esters is 1. The number of amides is 1. The third kappa shape index (κ3) is 5.07. The van der Waals surface area contributed by atoms with E-state index in [1.807, 2.05) is 31.2 Å². The molecule has 146 valence electrons. The quantitative estimate of drug-likeness (QED) is 0.229. The van der Waals surface area contributed by atoms with Crippen LogP contribution in [0.1, 0.15) is 21.5 Å². The lowest BCUT2D eigenvalue weighted by molar-refractivity contribution is -0.128. The van der Waals surface area contributed by atoms with Crippen molar-refractivity contribution in [2.75, 3.05) is 6.54 Å². The van der Waals surface area contributed by atoms with E-state index in [9.17, 15) is 14.4 Å². The molecule has 3 aromatic rings. The van der Waals surface area contributed by atoms with Gasteiger partial charge < -0.3 is 14.5 Å². The van der Waals surface area contributed by atoms with E-state index in [1.54, 1.807) is 18.2 Å². The molecule has 1 amide bonds. The summed E-state index contributed by atoms with van der Waals surface area (Å²) in [6.45, 7) is 5.72. The summed E-state index contributed by atoms with van der Waals surface area (Å²) in [6, 6.07) is 13.7. The second-order valence-corrected chi connectivity index (χ2v) is 6.31. The van der Waals surface area contributed by atoms with Gasteiger partial charge in [-0.15, -0.1) is 6.58 Å². The minimum absolute atomic E-state index is 0.106. The molecule has 0 atom stereocenters. The van der Waals surface area contributed by atoms with E-state index < -0.39 is 17.5 Å². The molecule has 0 aliphatic rings. The Balaban J connectivity index is 1.76. The molecule has 0 aliphatic carbocycles. The summed E-state index contributed by atoms with van der Waals surface area (Å²) < 4.78 is 10.5. The van der Waals surface area contributed by atoms with E-state index >= 15 is 0 Å². The number of benzene rings is 2. The lowest BCUT2D eigenvalue weighted by atomic mass is 10.1. The molecular weight excluding hydrogens is 370 g/mol. The number of ether oxygens (including phenoxy) is 1. The molecule has 0 radical (unpaired) electrons. The Bertz CT molecular complexity index is 1160. The highest BCUT2D eigenvalue weighted by atomic mass is 16.5. The fourth-order valence-corrected chi connectivity index (χ4v) is 2.57. The van der Waals surface area contributed by atoms with Gasteiger partial charge in [-0.2, -0.15) is 0 Å². The average molecular weight is 389 g/mol. The standard InChI is InChI=1S/C23H19NO5/c1-3-12-24-22(26)19-13-17-9-10-18(14-20(17)29-23(19)27)28-21(25)11-8-16-6-4-15(2)5-7-16/h3-11,13-14H,1,12H2,2H3,(H,24,26)/b11-8+. The van der Waals surface area contributed by atoms with Gasteiger partial charge in [0.15, 0.2) is 0 Å². The van der Waals surface area contributed by atoms with Crippen molar-refractivity contribution >= 4 is 28.9 Å². The molecule has 0 unspecified atom stereocenters. The Labute approximate surface area is 167 Å². The summed E-state index contributed by atoms with van der Waals surface area (Å²) >= 11 is 0. The maximum atomic E-state index is 12.1. The highest BCUT2D eigenvalue weighted by molar-refractivity contribution is 5.97. The van der Waals surface area contributed by atoms with E-state index in [0.717, 1.165) is 11.1 Å². The molecule has 29 heavy (non-hydrogen) atoms. The van der Waals surface area contributed by atoms with Crippen molar-refractivity contribution in [2.24, 2.45) is 0 Å². The van der Waals surface area contributed by atoms with Crippen LogP contribution in [0.25, 0.3) is 17.0 Å². The van der Waals surface area contributed by atoms with Gasteiger partial charge in [0.25, 0.3) is 5.91 Å². The average Bonchev–Trinajstić information content (AvgIpc) is 2.71. The van der Waals surface area contributed by atoms with Crippen LogP contribution in [0.5, 0.6) is 5.75 Å². The number of hydrogen-bond acceptors (Lipinski definition) is 5. The number of nitrogens with one attached hydrogen (secondary N) is 1. The zero-order valence-corrected chi connectivity index (χ0v) is 15.8. The summed E-state index contributed by atoms with van der Waals surface area (Å²) in [6.07, 6.45) is 4.48. The van der Waals surface area contributed by atoms with Crippen molar-refractivity contribution in [3.8, 4) is 5.75 Å². The fourth-order valence-electron chi connectivity index (χ4n) is 2.57. The molecule has 6 heteroatoms. The molecule has 1 aromatic heterocycles. The van der Waals surface area contributed by atoms with Crippen LogP contribution in [0.15, 0.2) is 76.5 Å². The number of rotatable bonds is 6. The number of aryl methyl sites for hydroxylation is 1. The van der Waals surface area contributed by atoms with Crippen LogP contribution in [-0.4, -0.2) is 18.4 Å². The number of carbonyl (C=O) groups is 2. The van der Waals surface area contributed by atoms with E-state index in [0.29, 0.717) is 5.39 Å². The smallest absolute Gasteiger partial charge is 0.349 e. The topological polar surface area (TPSA) is 85.6 Å². The molecule has 0 bridgehead atoms. The molecule has 6 nitrogen and oxygen atoms in total. The van der Waals surface area contributed by atoms with Crippen molar-refractivity contribution in [3.63, 3.8) is 0 Å². The van der Waals surface area contributed by atoms with E-state index in [-0.39, 0.29) is 23.4 Å². The number of hydrogen-bond donors (Lipinski definition) is 1. The highest BCUT2D eigenvalue weighted by Crippen LogP contribution is 2.21. The maximum absolute atomic E-state index is 12.1. The lowest BCUT2D eigenvalue weighted by Gasteiger charge is -2.05. The zero-order valence-electron chi connectivity index (χ0n) is 15.8. The SMILES string of the molecule is C=CCNC(=O)c1cc2ccc(OC(=O)/C=C/c3ccc(C)cc3)cc2oc1=O. The van der Waals surface area contributed by atoms with Crippen LogP contribution in [0.3, 0.4) is 0 Å². The third-order valence-corrected chi connectivity index (χ3v) is 4.07. The molecule has 2 aromatic carbocycles. The van der Waals surface area contributed by atoms with Gasteiger partial charge in [0.05, 0.1) is 0 Å². The van der Waals surface area contributed by atoms with Gasteiger partial charge in [-0.05, 0) is 36.8 Å². The predicted octanol–water partition coefficient (Wildman–Crippen LogP) is 3.64. The second kappa shape index (κ2) is 8.84. The molecule has 0 fully saturated rings. The number of carbonyl (C=O) groups excluding carboxylic acids is 2. The van der Waals surface area contributed by atoms with E-state index in [1.165, 1.54) is 24.3 Å². The molecule has 0 saturated carbocycles. The van der Waals surface area contributed by atoms with Gasteiger partial charge in [0.2, 0.25) is 0 Å².